The summed E-state index contributed by atoms with van der Waals surface area (Å²) < 4.78 is 37.9. The van der Waals surface area contributed by atoms with Crippen molar-refractivity contribution in [1.82, 2.24) is 0 Å². The van der Waals surface area contributed by atoms with E-state index in [9.17, 15) is 28.5 Å². The molecule has 0 aliphatic rings. The molecule has 0 saturated carbocycles. The summed E-state index contributed by atoms with van der Waals surface area (Å²) in [5, 5.41) is 31.4. The number of halogens is 5. The Bertz CT molecular complexity index is 764. The molecule has 0 radical (unpaired) electrons. The Hall–Kier alpha value is -2.32. The van der Waals surface area contributed by atoms with Crippen molar-refractivity contribution in [3.63, 3.8) is 0 Å². The maximum absolute atomic E-state index is 12.6. The van der Waals surface area contributed by atoms with Crippen molar-refractivity contribution < 1.29 is 28.5 Å². The molecule has 0 heterocycles. The SMILES string of the molecule is Oc1cc(O)c(/C=N/Nc2c(Cl)cc(C(F)(F)F)cc2Cl)c(O)c1. The van der Waals surface area contributed by atoms with Crippen molar-refractivity contribution in [3.05, 3.63) is 45.4 Å². The van der Waals surface area contributed by atoms with Crippen molar-refractivity contribution in [2.24, 2.45) is 5.10 Å². The minimum Gasteiger partial charge on any atom is -0.508 e. The largest absolute Gasteiger partial charge is 0.508 e. The molecular weight excluding hydrogens is 372 g/mol. The van der Waals surface area contributed by atoms with E-state index in [1.807, 2.05) is 0 Å². The summed E-state index contributed by atoms with van der Waals surface area (Å²) in [5.74, 6) is -1.27. The van der Waals surface area contributed by atoms with Crippen LogP contribution in [-0.4, -0.2) is 21.5 Å². The lowest BCUT2D eigenvalue weighted by Crippen LogP contribution is -2.05. The standard InChI is InChI=1S/C14H9Cl2F3N2O3/c15-9-1-6(14(17,18)19)2-10(16)13(9)21-20-5-8-11(23)3-7(22)4-12(8)24/h1-5,21-24H/b20-5+. The van der Waals surface area contributed by atoms with Gasteiger partial charge >= 0.3 is 6.18 Å². The highest BCUT2D eigenvalue weighted by Crippen LogP contribution is 2.38. The quantitative estimate of drug-likeness (QED) is 0.463. The number of hydrazone groups is 1. The first-order valence-electron chi connectivity index (χ1n) is 6.20. The van der Waals surface area contributed by atoms with E-state index in [1.165, 1.54) is 0 Å². The van der Waals surface area contributed by atoms with Gasteiger partial charge in [-0.3, -0.25) is 5.43 Å². The number of alkyl halides is 3. The Kier molecular flexibility index (Phi) is 5.00. The Labute approximate surface area is 143 Å². The van der Waals surface area contributed by atoms with Crippen molar-refractivity contribution in [3.8, 4) is 17.2 Å². The zero-order valence-corrected chi connectivity index (χ0v) is 13.1. The molecule has 0 bridgehead atoms. The van der Waals surface area contributed by atoms with E-state index in [1.54, 1.807) is 0 Å². The third kappa shape index (κ3) is 3.95. The van der Waals surface area contributed by atoms with Gasteiger partial charge in [-0.1, -0.05) is 23.2 Å². The van der Waals surface area contributed by atoms with Crippen LogP contribution in [0.1, 0.15) is 11.1 Å². The highest BCUT2D eigenvalue weighted by molar-refractivity contribution is 6.39. The van der Waals surface area contributed by atoms with E-state index in [4.69, 9.17) is 23.2 Å². The van der Waals surface area contributed by atoms with Gasteiger partial charge in [-0.2, -0.15) is 18.3 Å². The van der Waals surface area contributed by atoms with Crippen molar-refractivity contribution >= 4 is 35.1 Å². The van der Waals surface area contributed by atoms with Crippen LogP contribution in [0.15, 0.2) is 29.4 Å². The van der Waals surface area contributed by atoms with E-state index < -0.39 is 23.2 Å². The first-order valence-corrected chi connectivity index (χ1v) is 6.95. The van der Waals surface area contributed by atoms with E-state index in [2.05, 4.69) is 10.5 Å². The molecule has 0 unspecified atom stereocenters. The first-order chi connectivity index (χ1) is 11.1. The number of rotatable bonds is 3. The van der Waals surface area contributed by atoms with Crippen LogP contribution in [-0.2, 0) is 6.18 Å². The molecule has 0 aliphatic heterocycles. The lowest BCUT2D eigenvalue weighted by atomic mass is 10.2. The Morgan fingerprint density at radius 3 is 1.92 bits per heavy atom. The number of benzene rings is 2. The molecule has 0 aromatic heterocycles. The number of anilines is 1. The van der Waals surface area contributed by atoms with E-state index >= 15 is 0 Å². The molecule has 0 aliphatic carbocycles. The highest BCUT2D eigenvalue weighted by atomic mass is 35.5. The van der Waals surface area contributed by atoms with Crippen molar-refractivity contribution in [2.45, 2.75) is 6.18 Å². The number of hydrogen-bond donors (Lipinski definition) is 4. The molecule has 0 spiro atoms. The Morgan fingerprint density at radius 2 is 1.46 bits per heavy atom. The van der Waals surface area contributed by atoms with Gasteiger partial charge in [0.25, 0.3) is 0 Å². The molecule has 2 rings (SSSR count). The van der Waals surface area contributed by atoms with Gasteiger partial charge in [-0.05, 0) is 12.1 Å². The van der Waals surface area contributed by atoms with Gasteiger partial charge < -0.3 is 15.3 Å². The highest BCUT2D eigenvalue weighted by Gasteiger charge is 2.32. The predicted octanol–water partition coefficient (Wildman–Crippen LogP) is 4.58. The molecule has 2 aromatic rings. The fourth-order valence-electron chi connectivity index (χ4n) is 1.75. The minimum atomic E-state index is -4.60. The zero-order valence-electron chi connectivity index (χ0n) is 11.6. The lowest BCUT2D eigenvalue weighted by Gasteiger charge is -2.11. The van der Waals surface area contributed by atoms with Crippen LogP contribution in [0.3, 0.4) is 0 Å². The summed E-state index contributed by atoms with van der Waals surface area (Å²) in [6.45, 7) is 0. The molecule has 0 amide bonds. The van der Waals surface area contributed by atoms with Crippen LogP contribution < -0.4 is 5.43 Å². The molecule has 4 N–H and O–H groups in total. The normalized spacial score (nSPS) is 11.9. The molecule has 0 fully saturated rings. The number of nitrogens with one attached hydrogen (secondary N) is 1. The maximum atomic E-state index is 12.6. The monoisotopic (exact) mass is 380 g/mol. The average molecular weight is 381 g/mol. The van der Waals surface area contributed by atoms with Crippen LogP contribution >= 0.6 is 23.2 Å². The van der Waals surface area contributed by atoms with Gasteiger partial charge in [-0.25, -0.2) is 0 Å². The molecule has 24 heavy (non-hydrogen) atoms. The molecule has 2 aromatic carbocycles. The summed E-state index contributed by atoms with van der Waals surface area (Å²) in [5.41, 5.74) is 1.11. The topological polar surface area (TPSA) is 85.1 Å². The minimum absolute atomic E-state index is 0.0830. The van der Waals surface area contributed by atoms with Crippen molar-refractivity contribution in [2.75, 3.05) is 5.43 Å². The molecule has 5 nitrogen and oxygen atoms in total. The third-order valence-corrected chi connectivity index (χ3v) is 3.46. The fraction of sp³-hybridized carbons (Fsp3) is 0.0714. The molecule has 0 atom stereocenters. The zero-order chi connectivity index (χ0) is 18.1. The number of aromatic hydroxyl groups is 3. The van der Waals surface area contributed by atoms with Crippen LogP contribution in [0.25, 0.3) is 0 Å². The van der Waals surface area contributed by atoms with Crippen LogP contribution in [0.4, 0.5) is 18.9 Å². The Morgan fingerprint density at radius 1 is 0.958 bits per heavy atom. The van der Waals surface area contributed by atoms with E-state index in [-0.39, 0.29) is 27.0 Å². The molecule has 10 heteroatoms. The maximum Gasteiger partial charge on any atom is 0.416 e. The lowest BCUT2D eigenvalue weighted by molar-refractivity contribution is -0.137. The molecular formula is C14H9Cl2F3N2O3. The van der Waals surface area contributed by atoms with E-state index in [0.29, 0.717) is 12.1 Å². The summed E-state index contributed by atoms with van der Waals surface area (Å²) >= 11 is 11.5. The molecule has 0 saturated heterocycles. The summed E-state index contributed by atoms with van der Waals surface area (Å²) in [4.78, 5) is 0. The third-order valence-electron chi connectivity index (χ3n) is 2.86. The smallest absolute Gasteiger partial charge is 0.416 e. The van der Waals surface area contributed by atoms with Crippen LogP contribution in [0.5, 0.6) is 17.2 Å². The second-order valence-electron chi connectivity index (χ2n) is 4.58. The first kappa shape index (κ1) is 18.0. The van der Waals surface area contributed by atoms with Gasteiger partial charge in [0.15, 0.2) is 0 Å². The average Bonchev–Trinajstić information content (AvgIpc) is 2.42. The van der Waals surface area contributed by atoms with Crippen molar-refractivity contribution in [1.29, 1.82) is 0 Å². The number of phenolic OH excluding ortho intramolecular Hbond substituents is 3. The van der Waals surface area contributed by atoms with Gasteiger partial charge in [-0.15, -0.1) is 0 Å². The Balaban J connectivity index is 2.27. The number of nitrogens with zero attached hydrogens (tertiary/aromatic N) is 1. The number of phenols is 3. The van der Waals surface area contributed by atoms with Gasteiger partial charge in [0, 0.05) is 12.1 Å². The van der Waals surface area contributed by atoms with Gasteiger partial charge in [0.2, 0.25) is 0 Å². The van der Waals surface area contributed by atoms with Crippen LogP contribution in [0, 0.1) is 0 Å². The fourth-order valence-corrected chi connectivity index (χ4v) is 2.32. The second kappa shape index (κ2) is 6.66. The second-order valence-corrected chi connectivity index (χ2v) is 5.39. The molecule has 128 valence electrons. The summed E-state index contributed by atoms with van der Waals surface area (Å²) in [7, 11) is 0. The number of hydrogen-bond acceptors (Lipinski definition) is 5. The van der Waals surface area contributed by atoms with Gasteiger partial charge in [0.05, 0.1) is 33.1 Å². The van der Waals surface area contributed by atoms with Crippen LogP contribution in [0.2, 0.25) is 10.0 Å². The predicted molar refractivity (Wildman–Crippen MR) is 84.1 cm³/mol. The summed E-state index contributed by atoms with van der Waals surface area (Å²) in [6.07, 6.45) is -3.62. The van der Waals surface area contributed by atoms with Gasteiger partial charge in [0.1, 0.15) is 17.2 Å². The van der Waals surface area contributed by atoms with E-state index in [0.717, 1.165) is 18.3 Å². The summed E-state index contributed by atoms with van der Waals surface area (Å²) in [6, 6.07) is 3.31.